The molecule has 0 aliphatic carbocycles. The molecular weight excluding hydrogens is 312 g/mol. The molecule has 0 spiro atoms. The molecule has 137 valence electrons. The van der Waals surface area contributed by atoms with Crippen molar-refractivity contribution >= 4 is 11.9 Å². The van der Waals surface area contributed by atoms with Crippen LogP contribution in [0.25, 0.3) is 0 Å². The van der Waals surface area contributed by atoms with Gasteiger partial charge >= 0.3 is 11.9 Å². The maximum atomic E-state index is 11.5. The van der Waals surface area contributed by atoms with Gasteiger partial charge in [0.1, 0.15) is 6.61 Å². The van der Waals surface area contributed by atoms with Crippen molar-refractivity contribution in [3.8, 4) is 0 Å². The summed E-state index contributed by atoms with van der Waals surface area (Å²) in [5.74, 6) is -0.904. The minimum Gasteiger partial charge on any atom is -0.462 e. The van der Waals surface area contributed by atoms with Crippen LogP contribution in [0.4, 0.5) is 0 Å². The lowest BCUT2D eigenvalue weighted by atomic mass is 9.97. The minimum absolute atomic E-state index is 0.102. The molecule has 24 heavy (non-hydrogen) atoms. The number of ether oxygens (including phenoxy) is 4. The molecule has 0 heterocycles. The first-order chi connectivity index (χ1) is 11.3. The van der Waals surface area contributed by atoms with Crippen molar-refractivity contribution in [2.24, 2.45) is 0 Å². The molecule has 0 bridgehead atoms. The zero-order valence-corrected chi connectivity index (χ0v) is 15.0. The number of hydrogen-bond donors (Lipinski definition) is 0. The van der Waals surface area contributed by atoms with Gasteiger partial charge in [0.25, 0.3) is 0 Å². The molecule has 0 saturated carbocycles. The van der Waals surface area contributed by atoms with E-state index in [1.165, 1.54) is 0 Å². The van der Waals surface area contributed by atoms with E-state index >= 15 is 0 Å². The molecule has 1 radical (unpaired) electrons. The maximum absolute atomic E-state index is 11.5. The van der Waals surface area contributed by atoms with E-state index in [1.807, 2.05) is 6.92 Å². The number of carbonyl (C=O) groups is 2. The highest BCUT2D eigenvalue weighted by Gasteiger charge is 2.30. The molecular formula is C18H29O6. The van der Waals surface area contributed by atoms with Crippen LogP contribution in [-0.4, -0.2) is 50.6 Å². The first-order valence-corrected chi connectivity index (χ1v) is 7.94. The van der Waals surface area contributed by atoms with Gasteiger partial charge in [0.15, 0.2) is 0 Å². The molecule has 1 unspecified atom stereocenters. The average molecular weight is 341 g/mol. The fourth-order valence-electron chi connectivity index (χ4n) is 1.71. The zero-order valence-electron chi connectivity index (χ0n) is 15.0. The third-order valence-electron chi connectivity index (χ3n) is 3.24. The van der Waals surface area contributed by atoms with Crippen molar-refractivity contribution in [1.29, 1.82) is 0 Å². The van der Waals surface area contributed by atoms with Crippen LogP contribution in [0.3, 0.4) is 0 Å². The van der Waals surface area contributed by atoms with E-state index in [0.29, 0.717) is 37.2 Å². The second kappa shape index (κ2) is 11.8. The lowest BCUT2D eigenvalue weighted by Gasteiger charge is -2.32. The molecule has 0 fully saturated rings. The van der Waals surface area contributed by atoms with E-state index in [2.05, 4.69) is 20.1 Å². The van der Waals surface area contributed by atoms with Gasteiger partial charge in [-0.1, -0.05) is 20.1 Å². The smallest absolute Gasteiger partial charge is 0.333 e. The Hall–Kier alpha value is -1.66. The Kier molecular flexibility index (Phi) is 11.0. The van der Waals surface area contributed by atoms with Crippen LogP contribution >= 0.6 is 0 Å². The fourth-order valence-corrected chi connectivity index (χ4v) is 1.71. The third-order valence-corrected chi connectivity index (χ3v) is 3.24. The maximum Gasteiger partial charge on any atom is 0.333 e. The van der Waals surface area contributed by atoms with Gasteiger partial charge in [0, 0.05) is 24.2 Å². The van der Waals surface area contributed by atoms with Crippen molar-refractivity contribution in [1.82, 2.24) is 0 Å². The lowest BCUT2D eigenvalue weighted by Crippen LogP contribution is -2.40. The van der Waals surface area contributed by atoms with Gasteiger partial charge in [0.2, 0.25) is 0 Å². The van der Waals surface area contributed by atoms with E-state index in [0.717, 1.165) is 0 Å². The number of esters is 2. The molecule has 0 aromatic heterocycles. The quantitative estimate of drug-likeness (QED) is 0.291. The van der Waals surface area contributed by atoms with Crippen molar-refractivity contribution in [2.75, 3.05) is 33.0 Å². The van der Waals surface area contributed by atoms with Crippen LogP contribution in [-0.2, 0) is 28.5 Å². The van der Waals surface area contributed by atoms with E-state index < -0.39 is 17.5 Å². The molecule has 0 aliphatic heterocycles. The van der Waals surface area contributed by atoms with Crippen LogP contribution in [0.5, 0.6) is 0 Å². The van der Waals surface area contributed by atoms with Gasteiger partial charge in [0.05, 0.1) is 25.4 Å². The van der Waals surface area contributed by atoms with Crippen LogP contribution in [0.2, 0.25) is 0 Å². The van der Waals surface area contributed by atoms with E-state index in [-0.39, 0.29) is 19.8 Å². The lowest BCUT2D eigenvalue weighted by molar-refractivity contribution is -0.151. The van der Waals surface area contributed by atoms with Crippen LogP contribution in [0.15, 0.2) is 24.3 Å². The SMILES string of the molecule is [CH2]CC(CCOC(=O)C(=C)C)(COCC)OCCOC(=O)C(=C)C. The number of hydrogen-bond acceptors (Lipinski definition) is 6. The molecule has 0 rings (SSSR count). The minimum atomic E-state index is -0.707. The third kappa shape index (κ3) is 8.84. The number of carbonyl (C=O) groups excluding carboxylic acids is 2. The summed E-state index contributed by atoms with van der Waals surface area (Å²) in [6, 6.07) is 0. The Bertz CT molecular complexity index is 443. The highest BCUT2D eigenvalue weighted by atomic mass is 16.6. The van der Waals surface area contributed by atoms with Crippen LogP contribution in [0.1, 0.15) is 33.6 Å². The van der Waals surface area contributed by atoms with Gasteiger partial charge in [-0.2, -0.15) is 0 Å². The molecule has 0 saturated heterocycles. The Morgan fingerprint density at radius 1 is 0.958 bits per heavy atom. The summed E-state index contributed by atoms with van der Waals surface area (Å²) in [6.45, 7) is 17.3. The highest BCUT2D eigenvalue weighted by Crippen LogP contribution is 2.22. The van der Waals surface area contributed by atoms with Crippen molar-refractivity contribution < 1.29 is 28.5 Å². The summed E-state index contributed by atoms with van der Waals surface area (Å²) in [5, 5.41) is 0. The van der Waals surface area contributed by atoms with E-state index in [4.69, 9.17) is 18.9 Å². The van der Waals surface area contributed by atoms with Gasteiger partial charge in [-0.05, 0) is 27.2 Å². The average Bonchev–Trinajstić information content (AvgIpc) is 2.55. The molecule has 0 aliphatic rings. The largest absolute Gasteiger partial charge is 0.462 e. The summed E-state index contributed by atoms with van der Waals surface area (Å²) in [6.07, 6.45) is 0.843. The second-order valence-electron chi connectivity index (χ2n) is 5.50. The van der Waals surface area contributed by atoms with Crippen molar-refractivity contribution in [2.45, 2.75) is 39.2 Å². The summed E-state index contributed by atoms with van der Waals surface area (Å²) in [5.41, 5.74) is -0.0341. The molecule has 0 aromatic rings. The van der Waals surface area contributed by atoms with Gasteiger partial charge in [-0.3, -0.25) is 0 Å². The van der Waals surface area contributed by atoms with Crippen LogP contribution < -0.4 is 0 Å². The predicted octanol–water partition coefficient (Wildman–Crippen LogP) is 2.63. The standard InChI is InChI=1S/C18H29O6/c1-7-18(13-21-8-2,9-10-22-16(19)14(3)4)24-12-11-23-17(20)15(5)6/h1,3,5,7-13H2,2,4,6H3. The fraction of sp³-hybridized carbons (Fsp3) is 0.611. The summed E-state index contributed by atoms with van der Waals surface area (Å²) in [7, 11) is 0. The van der Waals surface area contributed by atoms with E-state index in [1.54, 1.807) is 13.8 Å². The summed E-state index contributed by atoms with van der Waals surface area (Å²) in [4.78, 5) is 22.8. The molecule has 0 amide bonds. The Morgan fingerprint density at radius 2 is 1.50 bits per heavy atom. The zero-order chi connectivity index (χ0) is 18.6. The summed E-state index contributed by atoms with van der Waals surface area (Å²) < 4.78 is 21.4. The topological polar surface area (TPSA) is 71.1 Å². The van der Waals surface area contributed by atoms with Crippen LogP contribution in [0, 0.1) is 6.92 Å². The molecule has 6 nitrogen and oxygen atoms in total. The monoisotopic (exact) mass is 341 g/mol. The second-order valence-corrected chi connectivity index (χ2v) is 5.50. The summed E-state index contributed by atoms with van der Waals surface area (Å²) >= 11 is 0. The normalized spacial score (nSPS) is 13.0. The molecule has 0 aromatic carbocycles. The molecule has 0 N–H and O–H groups in total. The Labute approximate surface area is 144 Å². The highest BCUT2D eigenvalue weighted by molar-refractivity contribution is 5.87. The van der Waals surface area contributed by atoms with Gasteiger partial charge in [-0.15, -0.1) is 0 Å². The first kappa shape index (κ1) is 22.3. The van der Waals surface area contributed by atoms with Gasteiger partial charge in [-0.25, -0.2) is 9.59 Å². The first-order valence-electron chi connectivity index (χ1n) is 7.94. The molecule has 6 heteroatoms. The van der Waals surface area contributed by atoms with E-state index in [9.17, 15) is 9.59 Å². The molecule has 1 atom stereocenters. The number of rotatable bonds is 13. The Balaban J connectivity index is 4.52. The van der Waals surface area contributed by atoms with Gasteiger partial charge < -0.3 is 18.9 Å². The van der Waals surface area contributed by atoms with Crippen molar-refractivity contribution in [3.63, 3.8) is 0 Å². The van der Waals surface area contributed by atoms with Crippen molar-refractivity contribution in [3.05, 3.63) is 31.2 Å². The Morgan fingerprint density at radius 3 is 1.96 bits per heavy atom. The predicted molar refractivity (Wildman–Crippen MR) is 91.3 cm³/mol.